The van der Waals surface area contributed by atoms with E-state index in [9.17, 15) is 14.0 Å². The van der Waals surface area contributed by atoms with Gasteiger partial charge in [-0.05, 0) is 30.5 Å². The van der Waals surface area contributed by atoms with E-state index in [1.807, 2.05) is 6.07 Å². The lowest BCUT2D eigenvalue weighted by Gasteiger charge is -2.33. The molecule has 196 valence electrons. The molecule has 12 heteroatoms. The quantitative estimate of drug-likeness (QED) is 0.406. The van der Waals surface area contributed by atoms with Crippen LogP contribution in [-0.2, 0) is 16.0 Å². The summed E-state index contributed by atoms with van der Waals surface area (Å²) in [7, 11) is 1.70. The molecule has 0 spiro atoms. The zero-order valence-electron chi connectivity index (χ0n) is 20.4. The number of ether oxygens (including phenoxy) is 2. The Morgan fingerprint density at radius 3 is 2.94 bits per heavy atom. The zero-order chi connectivity index (χ0) is 25.5. The fourth-order valence-corrected chi connectivity index (χ4v) is 5.08. The molecule has 4 rings (SSSR count). The Hall–Kier alpha value is -2.64. The van der Waals surface area contributed by atoms with Crippen molar-refractivity contribution < 1.29 is 23.5 Å². The molecule has 2 aliphatic rings. The number of aromatic nitrogens is 1. The van der Waals surface area contributed by atoms with Crippen molar-refractivity contribution in [1.82, 2.24) is 15.2 Å². The third-order valence-corrected chi connectivity index (χ3v) is 7.21. The van der Waals surface area contributed by atoms with Crippen molar-refractivity contribution >= 4 is 34.0 Å². The van der Waals surface area contributed by atoms with Crippen LogP contribution < -0.4 is 21.3 Å². The van der Waals surface area contributed by atoms with Crippen molar-refractivity contribution in [3.63, 3.8) is 0 Å². The van der Waals surface area contributed by atoms with E-state index in [-0.39, 0.29) is 36.8 Å². The molecule has 2 aromatic rings. The highest BCUT2D eigenvalue weighted by Gasteiger charge is 2.26. The topological polar surface area (TPSA) is 122 Å². The van der Waals surface area contributed by atoms with Gasteiger partial charge in [-0.3, -0.25) is 18.9 Å². The van der Waals surface area contributed by atoms with Crippen LogP contribution in [0.4, 0.5) is 15.2 Å². The normalized spacial score (nSPS) is 20.5. The number of carbonyl (C=O) groups is 2. The van der Waals surface area contributed by atoms with Gasteiger partial charge in [-0.25, -0.2) is 4.98 Å². The van der Waals surface area contributed by atoms with Crippen LogP contribution in [0.3, 0.4) is 0 Å². The third-order valence-electron chi connectivity index (χ3n) is 6.31. The lowest BCUT2D eigenvalue weighted by molar-refractivity contribution is -0.00903. The summed E-state index contributed by atoms with van der Waals surface area (Å²) in [6, 6.07) is 5.31. The minimum absolute atomic E-state index is 0.162. The molecule has 1 aromatic heterocycles. The van der Waals surface area contributed by atoms with Gasteiger partial charge in [0, 0.05) is 45.2 Å². The first-order chi connectivity index (χ1) is 17.5. The highest BCUT2D eigenvalue weighted by atomic mass is 32.1. The Balaban J connectivity index is 1.49. The standard InChI is InChI=1S/C24H33FN6O4S/c1-34-17-5-8-31(13-17)24-29-20(15-36-24)23(33)28-19-4-3-16(12-30-9-10-35-14-21(30)26)11-18(19)22(32)27-7-2-6-25/h3-4,11,15,17,21H,2,5-10,12-14,26H2,1H3,(H,27,32)(H,28,33)/t17-,21+/m0/s1. The Morgan fingerprint density at radius 1 is 1.33 bits per heavy atom. The van der Waals surface area contributed by atoms with E-state index in [1.54, 1.807) is 24.6 Å². The van der Waals surface area contributed by atoms with Crippen molar-refractivity contribution in [2.45, 2.75) is 31.7 Å². The van der Waals surface area contributed by atoms with Crippen molar-refractivity contribution in [3.05, 3.63) is 40.4 Å². The number of nitrogens with two attached hydrogens (primary N) is 1. The number of nitrogens with zero attached hydrogens (tertiary/aromatic N) is 3. The van der Waals surface area contributed by atoms with Crippen LogP contribution in [0.5, 0.6) is 0 Å². The second-order valence-corrected chi connectivity index (χ2v) is 9.69. The summed E-state index contributed by atoms with van der Waals surface area (Å²) in [6.45, 7) is 3.51. The Morgan fingerprint density at radius 2 is 2.19 bits per heavy atom. The minimum Gasteiger partial charge on any atom is -0.380 e. The number of alkyl halides is 1. The minimum atomic E-state index is -0.521. The van der Waals surface area contributed by atoms with Crippen LogP contribution in [0.25, 0.3) is 0 Å². The number of amides is 2. The summed E-state index contributed by atoms with van der Waals surface area (Å²) in [5.74, 6) is -0.783. The molecule has 3 heterocycles. The van der Waals surface area contributed by atoms with Crippen molar-refractivity contribution in [2.24, 2.45) is 5.73 Å². The van der Waals surface area contributed by atoms with E-state index >= 15 is 0 Å². The number of rotatable bonds is 10. The Bertz CT molecular complexity index is 1050. The molecule has 4 N–H and O–H groups in total. The van der Waals surface area contributed by atoms with E-state index < -0.39 is 12.6 Å². The first-order valence-electron chi connectivity index (χ1n) is 12.1. The molecule has 2 aliphatic heterocycles. The molecule has 1 aromatic carbocycles. The van der Waals surface area contributed by atoms with Gasteiger partial charge >= 0.3 is 0 Å². The smallest absolute Gasteiger partial charge is 0.275 e. The number of halogens is 1. The summed E-state index contributed by atoms with van der Waals surface area (Å²) in [4.78, 5) is 34.6. The van der Waals surface area contributed by atoms with Gasteiger partial charge in [-0.1, -0.05) is 6.07 Å². The average molecular weight is 521 g/mol. The average Bonchev–Trinajstić information content (AvgIpc) is 3.56. The van der Waals surface area contributed by atoms with Crippen LogP contribution in [0.1, 0.15) is 39.3 Å². The molecule has 2 amide bonds. The molecule has 0 aliphatic carbocycles. The van der Waals surface area contributed by atoms with Gasteiger partial charge in [0.05, 0.1) is 43.4 Å². The van der Waals surface area contributed by atoms with E-state index in [4.69, 9.17) is 15.2 Å². The maximum Gasteiger partial charge on any atom is 0.275 e. The number of carbonyl (C=O) groups excluding carboxylic acids is 2. The van der Waals surface area contributed by atoms with Gasteiger partial charge in [-0.2, -0.15) is 0 Å². The molecule has 0 bridgehead atoms. The van der Waals surface area contributed by atoms with E-state index in [1.165, 1.54) is 11.3 Å². The predicted octanol–water partition coefficient (Wildman–Crippen LogP) is 1.83. The SMILES string of the molecule is CO[C@H]1CCN(c2nc(C(=O)Nc3ccc(CN4CCOC[C@@H]4N)cc3C(=O)NCCCF)cs2)C1. The molecule has 0 unspecified atom stereocenters. The summed E-state index contributed by atoms with van der Waals surface area (Å²) < 4.78 is 23.4. The van der Waals surface area contributed by atoms with Gasteiger partial charge < -0.3 is 30.7 Å². The van der Waals surface area contributed by atoms with Gasteiger partial charge in [0.25, 0.3) is 11.8 Å². The zero-order valence-corrected chi connectivity index (χ0v) is 21.2. The maximum atomic E-state index is 13.0. The molecule has 36 heavy (non-hydrogen) atoms. The van der Waals surface area contributed by atoms with Crippen molar-refractivity contribution in [1.29, 1.82) is 0 Å². The van der Waals surface area contributed by atoms with Crippen LogP contribution in [0.15, 0.2) is 23.6 Å². The number of methoxy groups -OCH3 is 1. The van der Waals surface area contributed by atoms with Crippen molar-refractivity contribution in [3.8, 4) is 0 Å². The highest BCUT2D eigenvalue weighted by molar-refractivity contribution is 7.14. The van der Waals surface area contributed by atoms with Crippen LogP contribution in [0, 0.1) is 0 Å². The monoisotopic (exact) mass is 520 g/mol. The van der Waals surface area contributed by atoms with Gasteiger partial charge in [0.1, 0.15) is 5.69 Å². The Labute approximate surface area is 213 Å². The maximum absolute atomic E-state index is 13.0. The third kappa shape index (κ3) is 6.56. The molecule has 2 atom stereocenters. The van der Waals surface area contributed by atoms with Gasteiger partial charge in [0.15, 0.2) is 5.13 Å². The lowest BCUT2D eigenvalue weighted by Crippen LogP contribution is -2.50. The molecular formula is C24H33FN6O4S. The fraction of sp³-hybridized carbons (Fsp3) is 0.542. The fourth-order valence-electron chi connectivity index (χ4n) is 4.23. The molecular weight excluding hydrogens is 487 g/mol. The molecule has 10 nitrogen and oxygen atoms in total. The summed E-state index contributed by atoms with van der Waals surface area (Å²) in [5, 5.41) is 8.03. The number of anilines is 2. The lowest BCUT2D eigenvalue weighted by atomic mass is 10.1. The van der Waals surface area contributed by atoms with E-state index in [0.29, 0.717) is 37.6 Å². The molecule has 2 fully saturated rings. The second-order valence-electron chi connectivity index (χ2n) is 8.85. The number of nitrogens with one attached hydrogen (secondary N) is 2. The largest absolute Gasteiger partial charge is 0.380 e. The number of thiazole rings is 1. The summed E-state index contributed by atoms with van der Waals surface area (Å²) >= 11 is 1.40. The number of morpholine rings is 1. The van der Waals surface area contributed by atoms with Crippen LogP contribution in [0.2, 0.25) is 0 Å². The Kier molecular flexibility index (Phi) is 9.21. The number of hydrogen-bond acceptors (Lipinski definition) is 9. The van der Waals surface area contributed by atoms with Gasteiger partial charge in [-0.15, -0.1) is 11.3 Å². The van der Waals surface area contributed by atoms with Crippen molar-refractivity contribution in [2.75, 3.05) is 63.4 Å². The molecule has 0 saturated carbocycles. The number of benzene rings is 1. The van der Waals surface area contributed by atoms with E-state index in [2.05, 4.69) is 25.4 Å². The van der Waals surface area contributed by atoms with Crippen LogP contribution >= 0.6 is 11.3 Å². The molecule has 0 radical (unpaired) electrons. The van der Waals surface area contributed by atoms with Gasteiger partial charge in [0.2, 0.25) is 0 Å². The highest BCUT2D eigenvalue weighted by Crippen LogP contribution is 2.26. The summed E-state index contributed by atoms with van der Waals surface area (Å²) in [6.07, 6.45) is 1.07. The van der Waals surface area contributed by atoms with Crippen LogP contribution in [-0.4, -0.2) is 87.1 Å². The van der Waals surface area contributed by atoms with E-state index in [0.717, 1.165) is 30.2 Å². The first-order valence-corrected chi connectivity index (χ1v) is 13.0. The second kappa shape index (κ2) is 12.5. The first kappa shape index (κ1) is 26.4. The summed E-state index contributed by atoms with van der Waals surface area (Å²) in [5.41, 5.74) is 7.96. The number of hydrogen-bond donors (Lipinski definition) is 3. The molecule has 2 saturated heterocycles. The predicted molar refractivity (Wildman–Crippen MR) is 136 cm³/mol.